The standard InChI is InChI=1S/C17H22N4O2/c22-16(7-6-14-4-2-11-23-13-14)19-12-15-5-1-8-18-17(15)21-10-3-9-20-21/h1,3,5,8-10,14H,2,4,6-7,11-13H2,(H,19,22)/t14-/m0/s1. The Kier molecular flexibility index (Phi) is 5.37. The molecule has 1 amide bonds. The van der Waals surface area contributed by atoms with E-state index in [-0.39, 0.29) is 5.91 Å². The first-order valence-corrected chi connectivity index (χ1v) is 8.11. The van der Waals surface area contributed by atoms with Gasteiger partial charge in [-0.2, -0.15) is 5.10 Å². The smallest absolute Gasteiger partial charge is 0.220 e. The van der Waals surface area contributed by atoms with Crippen molar-refractivity contribution in [3.8, 4) is 5.82 Å². The van der Waals surface area contributed by atoms with Gasteiger partial charge in [0.05, 0.1) is 0 Å². The van der Waals surface area contributed by atoms with E-state index in [0.717, 1.165) is 37.4 Å². The van der Waals surface area contributed by atoms with E-state index in [4.69, 9.17) is 4.74 Å². The summed E-state index contributed by atoms with van der Waals surface area (Å²) >= 11 is 0. The van der Waals surface area contributed by atoms with Gasteiger partial charge in [0.15, 0.2) is 5.82 Å². The number of hydrogen-bond acceptors (Lipinski definition) is 4. The van der Waals surface area contributed by atoms with Crippen LogP contribution in [0.5, 0.6) is 0 Å². The molecule has 1 aliphatic heterocycles. The van der Waals surface area contributed by atoms with Gasteiger partial charge in [0.1, 0.15) is 0 Å². The average Bonchev–Trinajstić information content (AvgIpc) is 3.14. The molecule has 0 unspecified atom stereocenters. The highest BCUT2D eigenvalue weighted by Crippen LogP contribution is 2.18. The zero-order chi connectivity index (χ0) is 15.9. The Balaban J connectivity index is 1.51. The molecule has 3 heterocycles. The second-order valence-corrected chi connectivity index (χ2v) is 5.84. The summed E-state index contributed by atoms with van der Waals surface area (Å²) in [6.07, 6.45) is 9.00. The van der Waals surface area contributed by atoms with E-state index in [1.54, 1.807) is 17.1 Å². The first kappa shape index (κ1) is 15.7. The largest absolute Gasteiger partial charge is 0.381 e. The van der Waals surface area contributed by atoms with E-state index < -0.39 is 0 Å². The zero-order valence-corrected chi connectivity index (χ0v) is 13.1. The van der Waals surface area contributed by atoms with Crippen molar-refractivity contribution < 1.29 is 9.53 Å². The molecule has 6 nitrogen and oxygen atoms in total. The van der Waals surface area contributed by atoms with Crippen LogP contribution in [0, 0.1) is 5.92 Å². The highest BCUT2D eigenvalue weighted by molar-refractivity contribution is 5.75. The number of ether oxygens (including phenoxy) is 1. The number of carbonyl (C=O) groups is 1. The Morgan fingerprint density at radius 1 is 1.39 bits per heavy atom. The topological polar surface area (TPSA) is 69.0 Å². The fourth-order valence-corrected chi connectivity index (χ4v) is 2.82. The molecule has 1 N–H and O–H groups in total. The van der Waals surface area contributed by atoms with E-state index in [0.29, 0.717) is 18.9 Å². The molecule has 0 saturated carbocycles. The van der Waals surface area contributed by atoms with Gasteiger partial charge in [0.25, 0.3) is 0 Å². The van der Waals surface area contributed by atoms with Gasteiger partial charge in [0, 0.05) is 50.3 Å². The third-order valence-corrected chi connectivity index (χ3v) is 4.10. The molecule has 1 aliphatic rings. The summed E-state index contributed by atoms with van der Waals surface area (Å²) in [7, 11) is 0. The molecule has 2 aromatic heterocycles. The fraction of sp³-hybridized carbons (Fsp3) is 0.471. The van der Waals surface area contributed by atoms with Gasteiger partial charge in [0.2, 0.25) is 5.91 Å². The lowest BCUT2D eigenvalue weighted by atomic mass is 9.97. The van der Waals surface area contributed by atoms with Crippen LogP contribution in [0.4, 0.5) is 0 Å². The quantitative estimate of drug-likeness (QED) is 0.886. The van der Waals surface area contributed by atoms with Crippen molar-refractivity contribution in [2.75, 3.05) is 13.2 Å². The molecule has 6 heteroatoms. The molecule has 0 aromatic carbocycles. The van der Waals surface area contributed by atoms with Gasteiger partial charge in [-0.25, -0.2) is 9.67 Å². The molecule has 1 atom stereocenters. The van der Waals surface area contributed by atoms with Crippen LogP contribution < -0.4 is 5.32 Å². The van der Waals surface area contributed by atoms with E-state index in [1.807, 2.05) is 24.4 Å². The lowest BCUT2D eigenvalue weighted by Gasteiger charge is -2.21. The third kappa shape index (κ3) is 4.39. The van der Waals surface area contributed by atoms with Crippen molar-refractivity contribution in [2.24, 2.45) is 5.92 Å². The molecular formula is C17H22N4O2. The van der Waals surface area contributed by atoms with Crippen LogP contribution in [0.15, 0.2) is 36.8 Å². The summed E-state index contributed by atoms with van der Waals surface area (Å²) < 4.78 is 7.16. The normalized spacial score (nSPS) is 17.8. The van der Waals surface area contributed by atoms with Gasteiger partial charge in [-0.05, 0) is 37.3 Å². The summed E-state index contributed by atoms with van der Waals surface area (Å²) in [5.41, 5.74) is 0.950. The summed E-state index contributed by atoms with van der Waals surface area (Å²) in [5.74, 6) is 1.34. The molecule has 23 heavy (non-hydrogen) atoms. The van der Waals surface area contributed by atoms with Crippen LogP contribution in [-0.2, 0) is 16.1 Å². The van der Waals surface area contributed by atoms with Crippen molar-refractivity contribution >= 4 is 5.91 Å². The van der Waals surface area contributed by atoms with Crippen molar-refractivity contribution in [3.63, 3.8) is 0 Å². The van der Waals surface area contributed by atoms with Crippen LogP contribution in [0.3, 0.4) is 0 Å². The summed E-state index contributed by atoms with van der Waals surface area (Å²) in [6, 6.07) is 5.68. The van der Waals surface area contributed by atoms with Crippen molar-refractivity contribution in [1.29, 1.82) is 0 Å². The summed E-state index contributed by atoms with van der Waals surface area (Å²) in [6.45, 7) is 2.11. The van der Waals surface area contributed by atoms with Gasteiger partial charge in [-0.1, -0.05) is 6.07 Å². The predicted octanol–water partition coefficient (Wildman–Crippen LogP) is 2.09. The molecule has 0 spiro atoms. The van der Waals surface area contributed by atoms with E-state index in [1.165, 1.54) is 6.42 Å². The van der Waals surface area contributed by atoms with Crippen LogP contribution in [0.1, 0.15) is 31.2 Å². The lowest BCUT2D eigenvalue weighted by Crippen LogP contribution is -2.25. The van der Waals surface area contributed by atoms with E-state index in [9.17, 15) is 4.79 Å². The van der Waals surface area contributed by atoms with Crippen molar-refractivity contribution in [2.45, 2.75) is 32.2 Å². The molecule has 2 aromatic rings. The van der Waals surface area contributed by atoms with Crippen molar-refractivity contribution in [3.05, 3.63) is 42.4 Å². The van der Waals surface area contributed by atoms with Crippen molar-refractivity contribution in [1.82, 2.24) is 20.1 Å². The molecule has 0 aliphatic carbocycles. The van der Waals surface area contributed by atoms with E-state index in [2.05, 4.69) is 15.4 Å². The molecular weight excluding hydrogens is 292 g/mol. The number of carbonyl (C=O) groups excluding carboxylic acids is 1. The van der Waals surface area contributed by atoms with E-state index >= 15 is 0 Å². The Labute approximate surface area is 135 Å². The Morgan fingerprint density at radius 3 is 3.13 bits per heavy atom. The second kappa shape index (κ2) is 7.87. The zero-order valence-electron chi connectivity index (χ0n) is 13.1. The maximum atomic E-state index is 12.1. The number of hydrogen-bond donors (Lipinski definition) is 1. The minimum atomic E-state index is 0.0749. The molecule has 122 valence electrons. The number of rotatable bonds is 6. The van der Waals surface area contributed by atoms with Crippen LogP contribution in [0.25, 0.3) is 5.82 Å². The minimum absolute atomic E-state index is 0.0749. The molecule has 3 rings (SSSR count). The van der Waals surface area contributed by atoms with Crippen LogP contribution in [0.2, 0.25) is 0 Å². The van der Waals surface area contributed by atoms with Gasteiger partial charge in [-0.3, -0.25) is 4.79 Å². The van der Waals surface area contributed by atoms with Gasteiger partial charge < -0.3 is 10.1 Å². The highest BCUT2D eigenvalue weighted by atomic mass is 16.5. The molecule has 0 bridgehead atoms. The first-order chi connectivity index (χ1) is 11.3. The maximum Gasteiger partial charge on any atom is 0.220 e. The SMILES string of the molecule is O=C(CC[C@@H]1CCCOC1)NCc1cccnc1-n1cccn1. The Bertz CT molecular complexity index is 621. The minimum Gasteiger partial charge on any atom is -0.381 e. The Hall–Kier alpha value is -2.21. The van der Waals surface area contributed by atoms with Crippen LogP contribution >= 0.6 is 0 Å². The summed E-state index contributed by atoms with van der Waals surface area (Å²) in [4.78, 5) is 16.4. The van der Waals surface area contributed by atoms with Gasteiger partial charge in [-0.15, -0.1) is 0 Å². The second-order valence-electron chi connectivity index (χ2n) is 5.84. The Morgan fingerprint density at radius 2 is 2.35 bits per heavy atom. The average molecular weight is 314 g/mol. The highest BCUT2D eigenvalue weighted by Gasteiger charge is 2.15. The monoisotopic (exact) mass is 314 g/mol. The number of nitrogens with one attached hydrogen (secondary N) is 1. The number of amides is 1. The fourth-order valence-electron chi connectivity index (χ4n) is 2.82. The third-order valence-electron chi connectivity index (χ3n) is 4.10. The number of nitrogens with zero attached hydrogens (tertiary/aromatic N) is 3. The molecule has 0 radical (unpaired) electrons. The molecule has 1 fully saturated rings. The number of aromatic nitrogens is 3. The first-order valence-electron chi connectivity index (χ1n) is 8.11. The lowest BCUT2D eigenvalue weighted by molar-refractivity contribution is -0.121. The predicted molar refractivity (Wildman–Crippen MR) is 86.0 cm³/mol. The van der Waals surface area contributed by atoms with Crippen LogP contribution in [-0.4, -0.2) is 33.9 Å². The summed E-state index contributed by atoms with van der Waals surface area (Å²) in [5, 5.41) is 7.18. The maximum absolute atomic E-state index is 12.1. The number of pyridine rings is 1. The van der Waals surface area contributed by atoms with Gasteiger partial charge >= 0.3 is 0 Å². The molecule has 1 saturated heterocycles.